The van der Waals surface area contributed by atoms with Gasteiger partial charge in [-0.3, -0.25) is 9.78 Å². The molecule has 0 unspecified atom stereocenters. The Labute approximate surface area is 174 Å². The van der Waals surface area contributed by atoms with Crippen LogP contribution in [0.3, 0.4) is 0 Å². The Morgan fingerprint density at radius 3 is 2.61 bits per heavy atom. The van der Waals surface area contributed by atoms with Crippen molar-refractivity contribution in [1.29, 1.82) is 0 Å². The van der Waals surface area contributed by atoms with E-state index in [1.165, 1.54) is 6.33 Å². The van der Waals surface area contributed by atoms with Gasteiger partial charge in [0.05, 0.1) is 18.8 Å². The summed E-state index contributed by atoms with van der Waals surface area (Å²) >= 11 is 0. The van der Waals surface area contributed by atoms with Gasteiger partial charge in [-0.1, -0.05) is 0 Å². The first-order valence-electron chi connectivity index (χ1n) is 9.32. The van der Waals surface area contributed by atoms with Crippen LogP contribution in [0.2, 0.25) is 0 Å². The van der Waals surface area contributed by atoms with E-state index >= 15 is 0 Å². The molecule has 1 amide bonds. The molecule has 12 heteroatoms. The number of hydrogen-bond acceptors (Lipinski definition) is 7. The second-order valence-electron chi connectivity index (χ2n) is 6.75. The quantitative estimate of drug-likeness (QED) is 0.770. The number of ether oxygens (including phenoxy) is 2. The highest BCUT2D eigenvalue weighted by molar-refractivity contribution is 5.92. The number of alkyl halides is 3. The lowest BCUT2D eigenvalue weighted by Gasteiger charge is -2.31. The number of likely N-dealkylation sites (tertiary alicyclic amines) is 1. The first-order chi connectivity index (χ1) is 14.8. The number of hydrogen-bond donors (Lipinski definition) is 1. The van der Waals surface area contributed by atoms with E-state index in [1.807, 2.05) is 17.0 Å². The summed E-state index contributed by atoms with van der Waals surface area (Å²) in [5, 5.41) is 7.12. The fourth-order valence-corrected chi connectivity index (χ4v) is 3.40. The number of rotatable bonds is 3. The zero-order valence-corrected chi connectivity index (χ0v) is 16.1. The molecule has 0 saturated carbocycles. The maximum atomic E-state index is 12.8. The Bertz CT molecular complexity index is 885. The highest BCUT2D eigenvalue weighted by atomic mass is 19.4. The minimum atomic E-state index is -5.08. The molecule has 31 heavy (non-hydrogen) atoms. The van der Waals surface area contributed by atoms with Gasteiger partial charge in [-0.05, 0) is 31.0 Å². The first-order valence-corrected chi connectivity index (χ1v) is 9.32. The second-order valence-corrected chi connectivity index (χ2v) is 6.75. The van der Waals surface area contributed by atoms with Crippen LogP contribution in [-0.2, 0) is 9.53 Å². The summed E-state index contributed by atoms with van der Waals surface area (Å²) in [4.78, 5) is 35.5. The number of aliphatic carboxylic acids is 1. The molecular formula is C19H19F3N4O5. The summed E-state index contributed by atoms with van der Waals surface area (Å²) in [6.45, 7) is 1.18. The maximum Gasteiger partial charge on any atom is 0.490 e. The molecule has 0 bridgehead atoms. The molecule has 0 aromatic carbocycles. The van der Waals surface area contributed by atoms with Crippen molar-refractivity contribution >= 4 is 11.9 Å². The minimum absolute atomic E-state index is 0.0166. The zero-order valence-electron chi connectivity index (χ0n) is 16.1. The average Bonchev–Trinajstić information content (AvgIpc) is 3.13. The number of halogens is 3. The summed E-state index contributed by atoms with van der Waals surface area (Å²) < 4.78 is 43.7. The Kier molecular flexibility index (Phi) is 7.00. The van der Waals surface area contributed by atoms with Crippen molar-refractivity contribution in [3.63, 3.8) is 0 Å². The number of fused-ring (bicyclic) bond motifs is 1. The second kappa shape index (κ2) is 9.69. The van der Waals surface area contributed by atoms with E-state index in [-0.39, 0.29) is 24.2 Å². The molecule has 2 fully saturated rings. The van der Waals surface area contributed by atoms with Crippen LogP contribution >= 0.6 is 0 Å². The van der Waals surface area contributed by atoms with Crippen molar-refractivity contribution in [3.8, 4) is 5.75 Å². The average molecular weight is 440 g/mol. The van der Waals surface area contributed by atoms with Crippen LogP contribution in [0.5, 0.6) is 5.75 Å². The normalized spacial score (nSPS) is 22.7. The van der Waals surface area contributed by atoms with Crippen molar-refractivity contribution in [2.24, 2.45) is 0 Å². The van der Waals surface area contributed by atoms with Gasteiger partial charge in [0, 0.05) is 19.0 Å². The van der Waals surface area contributed by atoms with Crippen LogP contribution in [0.25, 0.3) is 0 Å². The first kappa shape index (κ1) is 22.4. The largest absolute Gasteiger partial charge is 0.490 e. The number of amides is 1. The van der Waals surface area contributed by atoms with Crippen molar-refractivity contribution < 1.29 is 37.3 Å². The van der Waals surface area contributed by atoms with E-state index in [0.717, 1.165) is 12.8 Å². The molecule has 4 rings (SSSR count). The molecule has 2 aliphatic heterocycles. The van der Waals surface area contributed by atoms with Gasteiger partial charge in [-0.25, -0.2) is 14.8 Å². The molecular weight excluding hydrogens is 421 g/mol. The Morgan fingerprint density at radius 2 is 2.00 bits per heavy atom. The molecule has 0 radical (unpaired) electrons. The topological polar surface area (TPSA) is 115 Å². The van der Waals surface area contributed by atoms with Gasteiger partial charge in [0.15, 0.2) is 0 Å². The number of nitrogens with zero attached hydrogens (tertiary/aromatic N) is 4. The molecule has 9 nitrogen and oxygen atoms in total. The summed E-state index contributed by atoms with van der Waals surface area (Å²) in [5.41, 5.74) is 0.399. The predicted molar refractivity (Wildman–Crippen MR) is 98.2 cm³/mol. The number of carboxylic acids is 1. The fraction of sp³-hybridized carbons (Fsp3) is 0.421. The van der Waals surface area contributed by atoms with Gasteiger partial charge in [0.2, 0.25) is 0 Å². The van der Waals surface area contributed by atoms with Crippen LogP contribution in [0.15, 0.2) is 43.1 Å². The van der Waals surface area contributed by atoms with E-state index in [0.29, 0.717) is 24.6 Å². The number of aromatic nitrogens is 3. The summed E-state index contributed by atoms with van der Waals surface area (Å²) in [6, 6.07) is 5.34. The number of carbonyl (C=O) groups is 2. The monoisotopic (exact) mass is 440 g/mol. The lowest BCUT2D eigenvalue weighted by atomic mass is 10.0. The lowest BCUT2D eigenvalue weighted by Crippen LogP contribution is -2.44. The molecule has 0 spiro atoms. The van der Waals surface area contributed by atoms with Crippen molar-refractivity contribution in [1.82, 2.24) is 19.9 Å². The smallest absolute Gasteiger partial charge is 0.484 e. The minimum Gasteiger partial charge on any atom is -0.484 e. The summed E-state index contributed by atoms with van der Waals surface area (Å²) in [6.07, 6.45) is 2.79. The van der Waals surface area contributed by atoms with Crippen LogP contribution in [0.1, 0.15) is 23.3 Å². The standard InChI is InChI=1S/C17H18N4O3.C2HF3O2/c22-17(13-5-7-19-11-20-13)21-10-15(16-14(21)4-2-8-23-16)24-12-3-1-6-18-9-12;3-2(4,5)1(6)7/h1,3,5-7,9,11,14-16H,2,4,8,10H2;(H,6,7)/t14-,15+,16+;/m1./s1. The highest BCUT2D eigenvalue weighted by Gasteiger charge is 2.47. The third-order valence-corrected chi connectivity index (χ3v) is 4.70. The van der Waals surface area contributed by atoms with Crippen LogP contribution in [0, 0.1) is 0 Å². The fourth-order valence-electron chi connectivity index (χ4n) is 3.40. The molecule has 1 N–H and O–H groups in total. The molecule has 166 valence electrons. The molecule has 2 aromatic rings. The number of carboxylic acid groups (broad SMARTS) is 1. The van der Waals surface area contributed by atoms with Gasteiger partial charge in [0.25, 0.3) is 5.91 Å². The Balaban J connectivity index is 0.000000339. The summed E-state index contributed by atoms with van der Waals surface area (Å²) in [7, 11) is 0. The van der Waals surface area contributed by atoms with E-state index in [9.17, 15) is 18.0 Å². The van der Waals surface area contributed by atoms with Gasteiger partial charge in [0.1, 0.15) is 30.0 Å². The van der Waals surface area contributed by atoms with Gasteiger partial charge < -0.3 is 19.5 Å². The third-order valence-electron chi connectivity index (χ3n) is 4.70. The summed E-state index contributed by atoms with van der Waals surface area (Å²) in [5.74, 6) is -2.17. The van der Waals surface area contributed by atoms with Crippen molar-refractivity contribution in [3.05, 3.63) is 48.8 Å². The van der Waals surface area contributed by atoms with E-state index in [2.05, 4.69) is 15.0 Å². The zero-order chi connectivity index (χ0) is 22.4. The predicted octanol–water partition coefficient (Wildman–Crippen LogP) is 1.96. The van der Waals surface area contributed by atoms with E-state index in [1.54, 1.807) is 24.7 Å². The number of carbonyl (C=O) groups excluding carboxylic acids is 1. The third kappa shape index (κ3) is 5.66. The van der Waals surface area contributed by atoms with E-state index < -0.39 is 12.1 Å². The van der Waals surface area contributed by atoms with Gasteiger partial charge >= 0.3 is 12.1 Å². The molecule has 0 aliphatic carbocycles. The SMILES string of the molecule is O=C(O)C(F)(F)F.O=C(c1ccncn1)N1C[C@H](Oc2cccnc2)[C@H]2OCCC[C@H]21. The Hall–Kier alpha value is -3.28. The van der Waals surface area contributed by atoms with Gasteiger partial charge in [-0.15, -0.1) is 0 Å². The van der Waals surface area contributed by atoms with Gasteiger partial charge in [-0.2, -0.15) is 13.2 Å². The van der Waals surface area contributed by atoms with Crippen LogP contribution < -0.4 is 4.74 Å². The van der Waals surface area contributed by atoms with Crippen LogP contribution in [0.4, 0.5) is 13.2 Å². The van der Waals surface area contributed by atoms with Crippen LogP contribution in [-0.4, -0.2) is 74.4 Å². The molecule has 4 heterocycles. The maximum absolute atomic E-state index is 12.8. The van der Waals surface area contributed by atoms with Crippen molar-refractivity contribution in [2.45, 2.75) is 37.3 Å². The number of pyridine rings is 1. The molecule has 2 saturated heterocycles. The van der Waals surface area contributed by atoms with E-state index in [4.69, 9.17) is 19.4 Å². The van der Waals surface area contributed by atoms with Crippen molar-refractivity contribution in [2.75, 3.05) is 13.2 Å². The highest BCUT2D eigenvalue weighted by Crippen LogP contribution is 2.32. The molecule has 3 atom stereocenters. The molecule has 2 aromatic heterocycles. The molecule has 2 aliphatic rings. The lowest BCUT2D eigenvalue weighted by molar-refractivity contribution is -0.192. The Morgan fingerprint density at radius 1 is 1.23 bits per heavy atom.